The summed E-state index contributed by atoms with van der Waals surface area (Å²) < 4.78 is 5.96. The van der Waals surface area contributed by atoms with Crippen molar-refractivity contribution in [3.05, 3.63) is 30.1 Å². The van der Waals surface area contributed by atoms with E-state index in [0.717, 1.165) is 0 Å². The molecule has 0 spiro atoms. The highest BCUT2D eigenvalue weighted by atomic mass is 28.4. The normalized spacial score (nSPS) is 13.4. The van der Waals surface area contributed by atoms with Gasteiger partial charge in [0.1, 0.15) is 11.8 Å². The largest absolute Gasteiger partial charge is 0.405 e. The number of nitrogens with one attached hydrogen (secondary N) is 2. The fourth-order valence-electron chi connectivity index (χ4n) is 1.45. The second-order valence-corrected chi connectivity index (χ2v) is 11.4. The summed E-state index contributed by atoms with van der Waals surface area (Å²) in [5, 5.41) is 0.0126. The number of hydrazine groups is 1. The van der Waals surface area contributed by atoms with Gasteiger partial charge in [0.25, 0.3) is 11.8 Å². The number of amides is 2. The maximum absolute atomic E-state index is 12.0. The van der Waals surface area contributed by atoms with Crippen LogP contribution in [0.4, 0.5) is 0 Å². The monoisotopic (exact) mass is 323 g/mol. The van der Waals surface area contributed by atoms with Crippen LogP contribution in [0.3, 0.4) is 0 Å². The molecule has 6 nitrogen and oxygen atoms in total. The summed E-state index contributed by atoms with van der Waals surface area (Å²) in [5.41, 5.74) is 4.95. The van der Waals surface area contributed by atoms with Gasteiger partial charge in [0.2, 0.25) is 0 Å². The number of aromatic nitrogens is 1. The van der Waals surface area contributed by atoms with Gasteiger partial charge < -0.3 is 4.43 Å². The summed E-state index contributed by atoms with van der Waals surface area (Å²) in [6, 6.07) is 4.98. The Balaban J connectivity index is 2.54. The van der Waals surface area contributed by atoms with E-state index in [-0.39, 0.29) is 16.6 Å². The fraction of sp³-hybridized carbons (Fsp3) is 0.533. The number of carbonyl (C=O) groups excluding carboxylic acids is 2. The molecule has 0 fully saturated rings. The molecule has 0 unspecified atom stereocenters. The highest BCUT2D eigenvalue weighted by molar-refractivity contribution is 6.74. The third-order valence-electron chi connectivity index (χ3n) is 3.84. The van der Waals surface area contributed by atoms with Gasteiger partial charge in [-0.15, -0.1) is 0 Å². The molecule has 1 heterocycles. The molecule has 122 valence electrons. The molecule has 0 aliphatic heterocycles. The van der Waals surface area contributed by atoms with Crippen molar-refractivity contribution in [1.29, 1.82) is 0 Å². The average Bonchev–Trinajstić information content (AvgIpc) is 2.43. The van der Waals surface area contributed by atoms with Crippen molar-refractivity contribution in [2.45, 2.75) is 51.9 Å². The first-order valence-corrected chi connectivity index (χ1v) is 10.1. The van der Waals surface area contributed by atoms with Crippen molar-refractivity contribution in [1.82, 2.24) is 15.8 Å². The number of rotatable bonds is 4. The zero-order valence-corrected chi connectivity index (χ0v) is 15.1. The summed E-state index contributed by atoms with van der Waals surface area (Å²) in [6.45, 7) is 12.1. The van der Waals surface area contributed by atoms with Gasteiger partial charge in [-0.2, -0.15) is 0 Å². The number of pyridine rings is 1. The first-order valence-electron chi connectivity index (χ1n) is 7.23. The number of carbonyl (C=O) groups is 2. The Morgan fingerprint density at radius 1 is 1.23 bits per heavy atom. The Morgan fingerprint density at radius 3 is 2.36 bits per heavy atom. The van der Waals surface area contributed by atoms with E-state index in [1.807, 2.05) is 0 Å². The van der Waals surface area contributed by atoms with Crippen molar-refractivity contribution in [3.8, 4) is 0 Å². The molecule has 0 bridgehead atoms. The molecule has 1 aromatic rings. The third kappa shape index (κ3) is 4.92. The number of hydrogen-bond donors (Lipinski definition) is 2. The zero-order chi connectivity index (χ0) is 17.0. The average molecular weight is 323 g/mol. The predicted molar refractivity (Wildman–Crippen MR) is 87.6 cm³/mol. The zero-order valence-electron chi connectivity index (χ0n) is 14.1. The molecule has 1 atom stereocenters. The Hall–Kier alpha value is -1.73. The molecule has 22 heavy (non-hydrogen) atoms. The maximum Gasteiger partial charge on any atom is 0.288 e. The van der Waals surface area contributed by atoms with Gasteiger partial charge in [-0.25, -0.2) is 0 Å². The topological polar surface area (TPSA) is 80.3 Å². The lowest BCUT2D eigenvalue weighted by Gasteiger charge is -2.37. The second-order valence-electron chi connectivity index (χ2n) is 6.68. The molecule has 7 heteroatoms. The molecule has 0 aliphatic rings. The summed E-state index contributed by atoms with van der Waals surface area (Å²) >= 11 is 0. The number of nitrogens with zero attached hydrogens (tertiary/aromatic N) is 1. The van der Waals surface area contributed by atoms with Crippen molar-refractivity contribution in [2.75, 3.05) is 0 Å². The fourth-order valence-corrected chi connectivity index (χ4v) is 2.80. The molecule has 0 saturated carbocycles. The molecule has 0 aromatic carbocycles. The van der Waals surface area contributed by atoms with Crippen LogP contribution in [-0.4, -0.2) is 31.2 Å². The SMILES string of the molecule is C[C@@H](O[Si](C)(C)C(C)(C)C)C(=O)NNC(=O)c1ccccn1. The molecule has 1 aromatic heterocycles. The van der Waals surface area contributed by atoms with Crippen LogP contribution < -0.4 is 10.9 Å². The molecule has 1 rings (SSSR count). The second kappa shape index (κ2) is 7.02. The molecular formula is C15H25N3O3Si. The first-order chi connectivity index (χ1) is 10.0. The first kappa shape index (κ1) is 18.3. The van der Waals surface area contributed by atoms with Gasteiger partial charge in [-0.3, -0.25) is 25.4 Å². The molecule has 2 N–H and O–H groups in total. The van der Waals surface area contributed by atoms with Crippen LogP contribution in [0.15, 0.2) is 24.4 Å². The van der Waals surface area contributed by atoms with E-state index >= 15 is 0 Å². The Bertz CT molecular complexity index is 527. The smallest absolute Gasteiger partial charge is 0.288 e. The van der Waals surface area contributed by atoms with Crippen LogP contribution in [0.5, 0.6) is 0 Å². The summed E-state index contributed by atoms with van der Waals surface area (Å²) in [5.74, 6) is -0.845. The summed E-state index contributed by atoms with van der Waals surface area (Å²) in [4.78, 5) is 27.7. The van der Waals surface area contributed by atoms with Crippen molar-refractivity contribution < 1.29 is 14.0 Å². The van der Waals surface area contributed by atoms with Crippen LogP contribution in [0.2, 0.25) is 18.1 Å². The minimum atomic E-state index is -2.04. The van der Waals surface area contributed by atoms with Crippen LogP contribution in [0, 0.1) is 0 Å². The lowest BCUT2D eigenvalue weighted by Crippen LogP contribution is -2.51. The lowest BCUT2D eigenvalue weighted by molar-refractivity contribution is -0.128. The van der Waals surface area contributed by atoms with Crippen molar-refractivity contribution >= 4 is 20.1 Å². The highest BCUT2D eigenvalue weighted by Gasteiger charge is 2.39. The highest BCUT2D eigenvalue weighted by Crippen LogP contribution is 2.37. The molecule has 0 radical (unpaired) electrons. The number of hydrogen-bond acceptors (Lipinski definition) is 4. The molecule has 0 aliphatic carbocycles. The van der Waals surface area contributed by atoms with Crippen LogP contribution in [-0.2, 0) is 9.22 Å². The van der Waals surface area contributed by atoms with E-state index in [9.17, 15) is 9.59 Å². The van der Waals surface area contributed by atoms with Gasteiger partial charge in [0.05, 0.1) is 0 Å². The minimum absolute atomic E-state index is 0.0126. The van der Waals surface area contributed by atoms with E-state index in [1.54, 1.807) is 25.1 Å². The maximum atomic E-state index is 12.0. The van der Waals surface area contributed by atoms with Crippen molar-refractivity contribution in [2.24, 2.45) is 0 Å². The molecular weight excluding hydrogens is 298 g/mol. The van der Waals surface area contributed by atoms with E-state index in [0.29, 0.717) is 0 Å². The Morgan fingerprint density at radius 2 is 1.86 bits per heavy atom. The van der Waals surface area contributed by atoms with Crippen LogP contribution in [0.1, 0.15) is 38.2 Å². The van der Waals surface area contributed by atoms with E-state index in [2.05, 4.69) is 49.7 Å². The third-order valence-corrected chi connectivity index (χ3v) is 8.40. The van der Waals surface area contributed by atoms with Gasteiger partial charge in [-0.05, 0) is 37.2 Å². The van der Waals surface area contributed by atoms with E-state index in [1.165, 1.54) is 6.20 Å². The Labute approximate surface area is 132 Å². The van der Waals surface area contributed by atoms with Gasteiger partial charge in [0, 0.05) is 6.20 Å². The van der Waals surface area contributed by atoms with Crippen LogP contribution in [0.25, 0.3) is 0 Å². The quantitative estimate of drug-likeness (QED) is 0.658. The Kier molecular flexibility index (Phi) is 5.84. The molecule has 2 amide bonds. The molecule has 0 saturated heterocycles. The lowest BCUT2D eigenvalue weighted by atomic mass is 10.2. The predicted octanol–water partition coefficient (Wildman–Crippen LogP) is 2.25. The van der Waals surface area contributed by atoms with Gasteiger partial charge in [0.15, 0.2) is 8.32 Å². The summed E-state index contributed by atoms with van der Waals surface area (Å²) in [6.07, 6.45) is 0.879. The van der Waals surface area contributed by atoms with E-state index < -0.39 is 20.3 Å². The van der Waals surface area contributed by atoms with Gasteiger partial charge in [-0.1, -0.05) is 26.8 Å². The van der Waals surface area contributed by atoms with E-state index in [4.69, 9.17) is 4.43 Å². The van der Waals surface area contributed by atoms with Gasteiger partial charge >= 0.3 is 0 Å². The standard InChI is InChI=1S/C15H25N3O3Si/c1-11(21-22(5,6)15(2,3)4)13(19)17-18-14(20)12-9-7-8-10-16-12/h7-11H,1-6H3,(H,17,19)(H,18,20)/t11-/m1/s1. The minimum Gasteiger partial charge on any atom is -0.405 e. The van der Waals surface area contributed by atoms with Crippen LogP contribution >= 0.6 is 0 Å². The van der Waals surface area contributed by atoms with Crippen molar-refractivity contribution in [3.63, 3.8) is 0 Å². The summed E-state index contributed by atoms with van der Waals surface area (Å²) in [7, 11) is -2.04.